The number of hydrogen-bond acceptors (Lipinski definition) is 2. The Bertz CT molecular complexity index is 589. The van der Waals surface area contributed by atoms with Gasteiger partial charge in [-0.1, -0.05) is 79.9 Å². The number of aryl methyl sites for hydroxylation is 1. The van der Waals surface area contributed by atoms with E-state index in [0.717, 1.165) is 18.5 Å². The molecule has 0 saturated heterocycles. The molecular formula is C21H27NO. The van der Waals surface area contributed by atoms with Gasteiger partial charge in [0.05, 0.1) is 0 Å². The lowest BCUT2D eigenvalue weighted by atomic mass is 9.97. The fourth-order valence-corrected chi connectivity index (χ4v) is 2.69. The molecule has 2 nitrogen and oxygen atoms in total. The number of carbonyl (C=O) groups excluding carboxylic acids is 1. The van der Waals surface area contributed by atoms with Crippen LogP contribution in [0.15, 0.2) is 54.6 Å². The molecule has 0 amide bonds. The van der Waals surface area contributed by atoms with E-state index in [2.05, 4.69) is 43.4 Å². The molecule has 0 spiro atoms. The third kappa shape index (κ3) is 5.65. The molecule has 1 atom stereocenters. The average Bonchev–Trinajstić information content (AvgIpc) is 2.59. The summed E-state index contributed by atoms with van der Waals surface area (Å²) in [7, 11) is 0. The summed E-state index contributed by atoms with van der Waals surface area (Å²) in [6.07, 6.45) is 4.08. The molecule has 2 rings (SSSR count). The molecule has 2 heteroatoms. The molecule has 0 aliphatic carbocycles. The van der Waals surface area contributed by atoms with E-state index in [1.54, 1.807) is 0 Å². The number of ketones is 1. The SMILES string of the molecule is CCCCCNC(CC(=O)c1ccccc1)c1ccc(C)cc1. The van der Waals surface area contributed by atoms with E-state index in [0.29, 0.717) is 6.42 Å². The van der Waals surface area contributed by atoms with Crippen LogP contribution >= 0.6 is 0 Å². The second kappa shape index (κ2) is 9.26. The Labute approximate surface area is 139 Å². The first-order valence-corrected chi connectivity index (χ1v) is 8.59. The minimum Gasteiger partial charge on any atom is -0.310 e. The normalized spacial score (nSPS) is 12.1. The third-order valence-electron chi connectivity index (χ3n) is 4.14. The minimum atomic E-state index is 0.0835. The summed E-state index contributed by atoms with van der Waals surface area (Å²) in [4.78, 5) is 12.5. The molecule has 23 heavy (non-hydrogen) atoms. The summed E-state index contributed by atoms with van der Waals surface area (Å²) >= 11 is 0. The molecule has 0 saturated carbocycles. The van der Waals surface area contributed by atoms with E-state index < -0.39 is 0 Å². The summed E-state index contributed by atoms with van der Waals surface area (Å²) in [5.74, 6) is 0.194. The smallest absolute Gasteiger partial charge is 0.164 e. The van der Waals surface area contributed by atoms with Gasteiger partial charge in [-0.05, 0) is 25.5 Å². The van der Waals surface area contributed by atoms with Crippen molar-refractivity contribution >= 4 is 5.78 Å². The van der Waals surface area contributed by atoms with E-state index in [4.69, 9.17) is 0 Å². The molecule has 0 fully saturated rings. The molecule has 0 aliphatic rings. The lowest BCUT2D eigenvalue weighted by Gasteiger charge is -2.19. The van der Waals surface area contributed by atoms with E-state index >= 15 is 0 Å². The zero-order valence-electron chi connectivity index (χ0n) is 14.2. The first-order chi connectivity index (χ1) is 11.2. The van der Waals surface area contributed by atoms with Crippen molar-refractivity contribution in [1.29, 1.82) is 0 Å². The maximum Gasteiger partial charge on any atom is 0.164 e. The zero-order valence-corrected chi connectivity index (χ0v) is 14.2. The first kappa shape index (κ1) is 17.4. The van der Waals surface area contributed by atoms with Gasteiger partial charge in [-0.15, -0.1) is 0 Å². The Hall–Kier alpha value is -1.93. The molecule has 0 aromatic heterocycles. The predicted molar refractivity (Wildman–Crippen MR) is 96.8 cm³/mol. The third-order valence-corrected chi connectivity index (χ3v) is 4.14. The Balaban J connectivity index is 2.06. The van der Waals surface area contributed by atoms with Crippen LogP contribution in [0, 0.1) is 6.92 Å². The first-order valence-electron chi connectivity index (χ1n) is 8.59. The van der Waals surface area contributed by atoms with Crippen molar-refractivity contribution < 1.29 is 4.79 Å². The van der Waals surface area contributed by atoms with Crippen LogP contribution in [0.25, 0.3) is 0 Å². The fraction of sp³-hybridized carbons (Fsp3) is 0.381. The van der Waals surface area contributed by atoms with Crippen LogP contribution in [-0.4, -0.2) is 12.3 Å². The number of benzene rings is 2. The minimum absolute atomic E-state index is 0.0835. The Morgan fingerprint density at radius 3 is 2.35 bits per heavy atom. The number of hydrogen-bond donors (Lipinski definition) is 1. The van der Waals surface area contributed by atoms with Crippen molar-refractivity contribution in [2.24, 2.45) is 0 Å². The molecule has 1 unspecified atom stereocenters. The number of carbonyl (C=O) groups is 1. The topological polar surface area (TPSA) is 29.1 Å². The van der Waals surface area contributed by atoms with E-state index in [-0.39, 0.29) is 11.8 Å². The number of nitrogens with one attached hydrogen (secondary N) is 1. The van der Waals surface area contributed by atoms with Crippen LogP contribution < -0.4 is 5.32 Å². The maximum atomic E-state index is 12.5. The van der Waals surface area contributed by atoms with E-state index in [1.807, 2.05) is 30.3 Å². The van der Waals surface area contributed by atoms with Gasteiger partial charge in [0.25, 0.3) is 0 Å². The van der Waals surface area contributed by atoms with Crippen molar-refractivity contribution in [3.05, 3.63) is 71.3 Å². The Morgan fingerprint density at radius 2 is 1.70 bits per heavy atom. The molecule has 0 radical (unpaired) electrons. The monoisotopic (exact) mass is 309 g/mol. The fourth-order valence-electron chi connectivity index (χ4n) is 2.69. The summed E-state index contributed by atoms with van der Waals surface area (Å²) in [5.41, 5.74) is 3.23. The van der Waals surface area contributed by atoms with Gasteiger partial charge in [0.2, 0.25) is 0 Å². The second-order valence-corrected chi connectivity index (χ2v) is 6.12. The van der Waals surface area contributed by atoms with Crippen molar-refractivity contribution in [2.45, 2.75) is 45.6 Å². The molecule has 2 aromatic carbocycles. The lowest BCUT2D eigenvalue weighted by molar-refractivity contribution is 0.0968. The summed E-state index contributed by atoms with van der Waals surface area (Å²) in [5, 5.41) is 3.57. The molecule has 0 bridgehead atoms. The Kier molecular flexibility index (Phi) is 7.02. The van der Waals surface area contributed by atoms with Crippen molar-refractivity contribution in [1.82, 2.24) is 5.32 Å². The molecular weight excluding hydrogens is 282 g/mol. The van der Waals surface area contributed by atoms with Gasteiger partial charge in [-0.2, -0.15) is 0 Å². The lowest BCUT2D eigenvalue weighted by Crippen LogP contribution is -2.25. The second-order valence-electron chi connectivity index (χ2n) is 6.12. The molecule has 122 valence electrons. The van der Waals surface area contributed by atoms with Gasteiger partial charge in [0.1, 0.15) is 0 Å². The van der Waals surface area contributed by atoms with Crippen molar-refractivity contribution in [3.63, 3.8) is 0 Å². The van der Waals surface area contributed by atoms with Crippen LogP contribution in [-0.2, 0) is 0 Å². The molecule has 0 heterocycles. The molecule has 0 aliphatic heterocycles. The highest BCUT2D eigenvalue weighted by molar-refractivity contribution is 5.96. The van der Waals surface area contributed by atoms with Gasteiger partial charge in [0.15, 0.2) is 5.78 Å². The summed E-state index contributed by atoms with van der Waals surface area (Å²) in [6, 6.07) is 18.1. The maximum absolute atomic E-state index is 12.5. The van der Waals surface area contributed by atoms with Gasteiger partial charge in [-0.25, -0.2) is 0 Å². The largest absolute Gasteiger partial charge is 0.310 e. The summed E-state index contributed by atoms with van der Waals surface area (Å²) < 4.78 is 0. The quantitative estimate of drug-likeness (QED) is 0.516. The van der Waals surface area contributed by atoms with E-state index in [9.17, 15) is 4.79 Å². The molecule has 1 N–H and O–H groups in total. The average molecular weight is 309 g/mol. The number of Topliss-reactive ketones (excluding diaryl/α,β-unsaturated/α-hetero) is 1. The van der Waals surface area contributed by atoms with Crippen LogP contribution in [0.4, 0.5) is 0 Å². The Morgan fingerprint density at radius 1 is 1.00 bits per heavy atom. The van der Waals surface area contributed by atoms with Crippen LogP contribution in [0.3, 0.4) is 0 Å². The highest BCUT2D eigenvalue weighted by atomic mass is 16.1. The van der Waals surface area contributed by atoms with Gasteiger partial charge in [-0.3, -0.25) is 4.79 Å². The number of unbranched alkanes of at least 4 members (excludes halogenated alkanes) is 2. The zero-order chi connectivity index (χ0) is 16.5. The summed E-state index contributed by atoms with van der Waals surface area (Å²) in [6.45, 7) is 5.24. The van der Waals surface area contributed by atoms with Crippen LogP contribution in [0.5, 0.6) is 0 Å². The number of rotatable bonds is 9. The highest BCUT2D eigenvalue weighted by Crippen LogP contribution is 2.20. The van der Waals surface area contributed by atoms with Gasteiger partial charge >= 0.3 is 0 Å². The van der Waals surface area contributed by atoms with E-state index in [1.165, 1.54) is 24.0 Å². The van der Waals surface area contributed by atoms with Gasteiger partial charge < -0.3 is 5.32 Å². The van der Waals surface area contributed by atoms with Gasteiger partial charge in [0, 0.05) is 18.0 Å². The predicted octanol–water partition coefficient (Wildman–Crippen LogP) is 5.09. The highest BCUT2D eigenvalue weighted by Gasteiger charge is 2.16. The molecule has 2 aromatic rings. The van der Waals surface area contributed by atoms with Crippen molar-refractivity contribution in [2.75, 3.05) is 6.54 Å². The standard InChI is InChI=1S/C21H27NO/c1-3-4-8-15-22-20(18-13-11-17(2)12-14-18)16-21(23)19-9-6-5-7-10-19/h5-7,9-14,20,22H,3-4,8,15-16H2,1-2H3. The van der Waals surface area contributed by atoms with Crippen molar-refractivity contribution in [3.8, 4) is 0 Å². The van der Waals surface area contributed by atoms with Crippen LogP contribution in [0.1, 0.15) is 60.1 Å². The van der Waals surface area contributed by atoms with Crippen LogP contribution in [0.2, 0.25) is 0 Å².